The van der Waals surface area contributed by atoms with Crippen LogP contribution in [0.25, 0.3) is 0 Å². The Kier molecular flexibility index (Phi) is 8.44. The smallest absolute Gasteiger partial charge is 0.264 e. The van der Waals surface area contributed by atoms with Crippen LogP contribution in [-0.4, -0.2) is 47.9 Å². The zero-order valence-electron chi connectivity index (χ0n) is 22.8. The molecule has 10 heteroatoms. The van der Waals surface area contributed by atoms with Crippen molar-refractivity contribution in [2.75, 3.05) is 32.2 Å². The first-order valence-electron chi connectivity index (χ1n) is 12.5. The van der Waals surface area contributed by atoms with E-state index in [9.17, 15) is 13.2 Å². The molecule has 1 N–H and O–H groups in total. The van der Waals surface area contributed by atoms with Crippen LogP contribution in [-0.2, 0) is 21.2 Å². The Bertz CT molecular complexity index is 1500. The predicted octanol–water partition coefficient (Wildman–Crippen LogP) is 4.38. The molecule has 39 heavy (non-hydrogen) atoms. The average molecular weight is 552 g/mol. The molecular formula is C29H33N3O6S. The molecule has 3 aromatic rings. The van der Waals surface area contributed by atoms with Crippen LogP contribution in [0.2, 0.25) is 0 Å². The van der Waals surface area contributed by atoms with Crippen LogP contribution < -0.4 is 23.9 Å². The number of fused-ring (bicyclic) bond motifs is 1. The lowest BCUT2D eigenvalue weighted by Crippen LogP contribution is -2.40. The van der Waals surface area contributed by atoms with Gasteiger partial charge >= 0.3 is 0 Å². The Balaban J connectivity index is 1.66. The maximum atomic E-state index is 13.9. The highest BCUT2D eigenvalue weighted by molar-refractivity contribution is 7.92. The predicted molar refractivity (Wildman–Crippen MR) is 151 cm³/mol. The number of anilines is 1. The third kappa shape index (κ3) is 6.17. The van der Waals surface area contributed by atoms with Gasteiger partial charge in [0, 0.05) is 11.6 Å². The molecule has 1 amide bonds. The summed E-state index contributed by atoms with van der Waals surface area (Å²) in [6.45, 7) is 3.28. The number of methoxy groups -OCH3 is 3. The number of hydrogen-bond donors (Lipinski definition) is 1. The Morgan fingerprint density at radius 2 is 1.62 bits per heavy atom. The Morgan fingerprint density at radius 1 is 0.897 bits per heavy atom. The number of rotatable bonds is 9. The molecule has 4 rings (SSSR count). The van der Waals surface area contributed by atoms with E-state index in [0.29, 0.717) is 17.9 Å². The first-order chi connectivity index (χ1) is 18.7. The summed E-state index contributed by atoms with van der Waals surface area (Å²) in [4.78, 5) is 13.1. The number of sulfonamides is 1. The van der Waals surface area contributed by atoms with E-state index in [-0.39, 0.29) is 10.6 Å². The zero-order valence-corrected chi connectivity index (χ0v) is 23.6. The molecule has 0 unspecified atom stereocenters. The summed E-state index contributed by atoms with van der Waals surface area (Å²) in [5.41, 5.74) is 7.49. The number of ether oxygens (including phenoxy) is 3. The lowest BCUT2D eigenvalue weighted by atomic mass is 9.90. The van der Waals surface area contributed by atoms with E-state index in [2.05, 4.69) is 10.5 Å². The molecule has 0 saturated heterocycles. The van der Waals surface area contributed by atoms with Gasteiger partial charge in [-0.15, -0.1) is 0 Å². The van der Waals surface area contributed by atoms with E-state index in [1.165, 1.54) is 32.4 Å². The summed E-state index contributed by atoms with van der Waals surface area (Å²) in [6, 6.07) is 15.5. The van der Waals surface area contributed by atoms with Crippen molar-refractivity contribution < 1.29 is 27.4 Å². The van der Waals surface area contributed by atoms with E-state index in [1.54, 1.807) is 19.2 Å². The second-order valence-electron chi connectivity index (χ2n) is 9.34. The van der Waals surface area contributed by atoms with Gasteiger partial charge in [-0.2, -0.15) is 5.10 Å². The van der Waals surface area contributed by atoms with Crippen LogP contribution in [0.5, 0.6) is 17.2 Å². The van der Waals surface area contributed by atoms with Gasteiger partial charge in [0.15, 0.2) is 11.5 Å². The van der Waals surface area contributed by atoms with Crippen molar-refractivity contribution in [2.45, 2.75) is 38.0 Å². The van der Waals surface area contributed by atoms with Crippen molar-refractivity contribution in [1.82, 2.24) is 5.43 Å². The standard InChI is InChI=1S/C29H33N3O6S/c1-19-13-20(2)15-22(14-19)32(39(34,35)24-10-12-27(37-4)28(17-24)38-5)18-29(33)31-30-26-8-6-7-21-16-23(36-3)9-11-25(21)26/h9-17H,6-8,18H2,1-5H3,(H,31,33)/b30-26-. The van der Waals surface area contributed by atoms with Crippen molar-refractivity contribution >= 4 is 27.3 Å². The number of hydrogen-bond acceptors (Lipinski definition) is 7. The maximum Gasteiger partial charge on any atom is 0.264 e. The molecular weight excluding hydrogens is 518 g/mol. The summed E-state index contributed by atoms with van der Waals surface area (Å²) < 4.78 is 44.8. The van der Waals surface area contributed by atoms with Crippen molar-refractivity contribution in [3.8, 4) is 17.2 Å². The Labute approximate surface area is 229 Å². The molecule has 0 atom stereocenters. The molecule has 206 valence electrons. The summed E-state index contributed by atoms with van der Waals surface area (Å²) in [5.74, 6) is 0.866. The summed E-state index contributed by atoms with van der Waals surface area (Å²) in [6.07, 6.45) is 2.48. The quantitative estimate of drug-likeness (QED) is 0.396. The maximum absolute atomic E-state index is 13.9. The van der Waals surface area contributed by atoms with Gasteiger partial charge in [-0.1, -0.05) is 6.07 Å². The molecule has 0 radical (unpaired) electrons. The summed E-state index contributed by atoms with van der Waals surface area (Å²) in [7, 11) is 0.363. The normalized spacial score (nSPS) is 13.9. The molecule has 9 nitrogen and oxygen atoms in total. The SMILES string of the molecule is COc1ccc2c(c1)CCC/C2=N/NC(=O)CN(c1cc(C)cc(C)c1)S(=O)(=O)c1ccc(OC)c(OC)c1. The van der Waals surface area contributed by atoms with Crippen molar-refractivity contribution in [1.29, 1.82) is 0 Å². The molecule has 1 aliphatic rings. The number of benzene rings is 3. The van der Waals surface area contributed by atoms with Gasteiger partial charge in [-0.3, -0.25) is 9.10 Å². The van der Waals surface area contributed by atoms with Gasteiger partial charge in [0.05, 0.1) is 37.6 Å². The first-order valence-corrected chi connectivity index (χ1v) is 14.0. The number of carbonyl (C=O) groups excluding carboxylic acids is 1. The lowest BCUT2D eigenvalue weighted by molar-refractivity contribution is -0.119. The minimum absolute atomic E-state index is 0.0337. The highest BCUT2D eigenvalue weighted by atomic mass is 32.2. The number of aryl methyl sites for hydroxylation is 3. The van der Waals surface area contributed by atoms with Crippen LogP contribution in [0.15, 0.2) is 64.6 Å². The van der Waals surface area contributed by atoms with Crippen LogP contribution in [0, 0.1) is 13.8 Å². The number of nitrogens with zero attached hydrogens (tertiary/aromatic N) is 2. The zero-order chi connectivity index (χ0) is 28.2. The monoisotopic (exact) mass is 551 g/mol. The minimum atomic E-state index is -4.17. The molecule has 0 saturated carbocycles. The molecule has 3 aromatic carbocycles. The Hall–Kier alpha value is -4.05. The van der Waals surface area contributed by atoms with Crippen LogP contribution in [0.4, 0.5) is 5.69 Å². The molecule has 0 bridgehead atoms. The second kappa shape index (κ2) is 11.8. The van der Waals surface area contributed by atoms with E-state index < -0.39 is 22.5 Å². The van der Waals surface area contributed by atoms with Gasteiger partial charge in [0.25, 0.3) is 15.9 Å². The van der Waals surface area contributed by atoms with Gasteiger partial charge in [0.2, 0.25) is 0 Å². The average Bonchev–Trinajstić information content (AvgIpc) is 2.93. The third-order valence-corrected chi connectivity index (χ3v) is 8.29. The molecule has 0 aliphatic heterocycles. The molecule has 0 heterocycles. The number of carbonyl (C=O) groups is 1. The van der Waals surface area contributed by atoms with Crippen molar-refractivity contribution in [3.63, 3.8) is 0 Å². The topological polar surface area (TPSA) is 107 Å². The van der Waals surface area contributed by atoms with Crippen LogP contribution >= 0.6 is 0 Å². The fourth-order valence-corrected chi connectivity index (χ4v) is 6.11. The van der Waals surface area contributed by atoms with E-state index in [4.69, 9.17) is 14.2 Å². The number of hydrazone groups is 1. The van der Waals surface area contributed by atoms with Crippen molar-refractivity contribution in [2.24, 2.45) is 5.10 Å². The summed E-state index contributed by atoms with van der Waals surface area (Å²) >= 11 is 0. The molecule has 1 aliphatic carbocycles. The van der Waals surface area contributed by atoms with Crippen LogP contribution in [0.1, 0.15) is 35.1 Å². The van der Waals surface area contributed by atoms with Crippen molar-refractivity contribution in [3.05, 3.63) is 76.9 Å². The molecule has 0 fully saturated rings. The number of nitrogens with one attached hydrogen (secondary N) is 1. The summed E-state index contributed by atoms with van der Waals surface area (Å²) in [5, 5.41) is 4.38. The van der Waals surface area contributed by atoms with Gasteiger partial charge in [-0.05, 0) is 92.3 Å². The Morgan fingerprint density at radius 3 is 2.28 bits per heavy atom. The highest BCUT2D eigenvalue weighted by Gasteiger charge is 2.29. The lowest BCUT2D eigenvalue weighted by Gasteiger charge is -2.25. The highest BCUT2D eigenvalue weighted by Crippen LogP contribution is 2.33. The minimum Gasteiger partial charge on any atom is -0.497 e. The third-order valence-electron chi connectivity index (χ3n) is 6.52. The van der Waals surface area contributed by atoms with E-state index in [0.717, 1.165) is 50.9 Å². The largest absolute Gasteiger partial charge is 0.497 e. The fourth-order valence-electron chi connectivity index (χ4n) is 4.69. The van der Waals surface area contributed by atoms with Gasteiger partial charge < -0.3 is 14.2 Å². The first kappa shape index (κ1) is 28.0. The van der Waals surface area contributed by atoms with Gasteiger partial charge in [-0.25, -0.2) is 13.8 Å². The second-order valence-corrected chi connectivity index (χ2v) is 11.2. The fraction of sp³-hybridized carbons (Fsp3) is 0.310. The molecule has 0 spiro atoms. The number of amides is 1. The van der Waals surface area contributed by atoms with E-state index >= 15 is 0 Å². The van der Waals surface area contributed by atoms with Gasteiger partial charge in [0.1, 0.15) is 12.3 Å². The molecule has 0 aromatic heterocycles. The van der Waals surface area contributed by atoms with E-state index in [1.807, 2.05) is 38.1 Å². The van der Waals surface area contributed by atoms with Crippen LogP contribution in [0.3, 0.4) is 0 Å².